The van der Waals surface area contributed by atoms with E-state index in [1.165, 1.54) is 24.9 Å². The Balaban J connectivity index is 1.88. The first-order valence-electron chi connectivity index (χ1n) is 6.49. The summed E-state index contributed by atoms with van der Waals surface area (Å²) in [5.41, 5.74) is 0. The number of methoxy groups -OCH3 is 1. The van der Waals surface area contributed by atoms with Crippen LogP contribution in [-0.2, 0) is 10.0 Å². The van der Waals surface area contributed by atoms with Gasteiger partial charge in [-0.25, -0.2) is 8.42 Å². The molecular weight excluding hydrogens is 284 g/mol. The van der Waals surface area contributed by atoms with E-state index in [1.807, 2.05) is 0 Å². The number of thiophene rings is 1. The summed E-state index contributed by atoms with van der Waals surface area (Å²) in [6.45, 7) is 1.16. The van der Waals surface area contributed by atoms with Crippen LogP contribution in [-0.4, -0.2) is 45.0 Å². The van der Waals surface area contributed by atoms with Gasteiger partial charge in [-0.1, -0.05) is 0 Å². The van der Waals surface area contributed by atoms with Crippen LogP contribution in [0.25, 0.3) is 0 Å². The van der Waals surface area contributed by atoms with E-state index in [1.54, 1.807) is 15.8 Å². The van der Waals surface area contributed by atoms with Crippen molar-refractivity contribution in [1.29, 1.82) is 0 Å². The number of rotatable bonds is 3. The molecule has 2 fully saturated rings. The van der Waals surface area contributed by atoms with Crippen LogP contribution in [0.5, 0.6) is 5.75 Å². The fraction of sp³-hybridized carbons (Fsp3) is 0.667. The average molecular weight is 302 g/mol. The molecule has 106 valence electrons. The molecule has 3 heterocycles. The number of nitrogens with zero attached hydrogens (tertiary/aromatic N) is 1. The molecular formula is C12H18N2O3S2. The highest BCUT2D eigenvalue weighted by Gasteiger charge is 2.36. The Bertz CT molecular complexity index is 555. The van der Waals surface area contributed by atoms with Crippen molar-refractivity contribution < 1.29 is 13.2 Å². The highest BCUT2D eigenvalue weighted by atomic mass is 32.2. The summed E-state index contributed by atoms with van der Waals surface area (Å²) in [5, 5.41) is 5.25. The zero-order valence-corrected chi connectivity index (χ0v) is 12.5. The van der Waals surface area contributed by atoms with E-state index in [2.05, 4.69) is 5.32 Å². The third-order valence-electron chi connectivity index (χ3n) is 3.88. The van der Waals surface area contributed by atoms with Crippen LogP contribution in [0.3, 0.4) is 0 Å². The lowest BCUT2D eigenvalue weighted by Gasteiger charge is -2.23. The van der Waals surface area contributed by atoms with Crippen LogP contribution in [0.1, 0.15) is 19.3 Å². The van der Waals surface area contributed by atoms with Gasteiger partial charge in [0.1, 0.15) is 5.75 Å². The molecule has 2 aliphatic rings. The normalized spacial score (nSPS) is 28.3. The van der Waals surface area contributed by atoms with Gasteiger partial charge in [-0.2, -0.15) is 4.31 Å². The fourth-order valence-electron chi connectivity index (χ4n) is 2.87. The number of nitrogens with one attached hydrogen (secondary N) is 1. The van der Waals surface area contributed by atoms with Gasteiger partial charge in [0.25, 0.3) is 10.0 Å². The van der Waals surface area contributed by atoms with Crippen LogP contribution in [0, 0.1) is 0 Å². The van der Waals surface area contributed by atoms with Crippen molar-refractivity contribution in [2.75, 3.05) is 20.2 Å². The first-order valence-corrected chi connectivity index (χ1v) is 8.81. The van der Waals surface area contributed by atoms with E-state index in [-0.39, 0.29) is 0 Å². The molecule has 2 bridgehead atoms. The summed E-state index contributed by atoms with van der Waals surface area (Å²) in [7, 11) is -1.91. The smallest absolute Gasteiger partial charge is 0.256 e. The first-order chi connectivity index (χ1) is 9.11. The maximum atomic E-state index is 12.7. The molecule has 2 atom stereocenters. The van der Waals surface area contributed by atoms with Gasteiger partial charge < -0.3 is 10.1 Å². The first kappa shape index (κ1) is 13.4. The Kier molecular flexibility index (Phi) is 3.55. The molecule has 2 saturated heterocycles. The topological polar surface area (TPSA) is 58.6 Å². The lowest BCUT2D eigenvalue weighted by molar-refractivity contribution is 0.376. The summed E-state index contributed by atoms with van der Waals surface area (Å²) < 4.78 is 32.5. The Morgan fingerprint density at radius 2 is 2.16 bits per heavy atom. The van der Waals surface area contributed by atoms with E-state index in [0.717, 1.165) is 12.8 Å². The van der Waals surface area contributed by atoms with Gasteiger partial charge in [-0.3, -0.25) is 0 Å². The van der Waals surface area contributed by atoms with Crippen molar-refractivity contribution in [3.63, 3.8) is 0 Å². The molecule has 19 heavy (non-hydrogen) atoms. The minimum atomic E-state index is -3.42. The molecule has 7 heteroatoms. The molecule has 0 radical (unpaired) electrons. The van der Waals surface area contributed by atoms with E-state index < -0.39 is 10.0 Å². The van der Waals surface area contributed by atoms with Gasteiger partial charge in [-0.05, 0) is 30.7 Å². The minimum absolute atomic E-state index is 0.299. The monoisotopic (exact) mass is 302 g/mol. The number of sulfonamides is 1. The van der Waals surface area contributed by atoms with Crippen molar-refractivity contribution >= 4 is 21.4 Å². The summed E-state index contributed by atoms with van der Waals surface area (Å²) in [4.78, 5) is 0. The van der Waals surface area contributed by atoms with Gasteiger partial charge in [0.15, 0.2) is 4.21 Å². The highest BCUT2D eigenvalue weighted by Crippen LogP contribution is 2.33. The maximum absolute atomic E-state index is 12.7. The second-order valence-corrected chi connectivity index (χ2v) is 8.12. The van der Waals surface area contributed by atoms with Crippen molar-refractivity contribution in [3.8, 4) is 5.75 Å². The maximum Gasteiger partial charge on any atom is 0.256 e. The van der Waals surface area contributed by atoms with Gasteiger partial charge in [0, 0.05) is 25.2 Å². The van der Waals surface area contributed by atoms with Crippen molar-refractivity contribution in [3.05, 3.63) is 11.4 Å². The number of hydrogen-bond acceptors (Lipinski definition) is 5. The molecule has 0 aliphatic carbocycles. The molecule has 0 spiro atoms. The number of fused-ring (bicyclic) bond motifs is 2. The van der Waals surface area contributed by atoms with E-state index >= 15 is 0 Å². The van der Waals surface area contributed by atoms with Crippen molar-refractivity contribution in [1.82, 2.24) is 9.62 Å². The molecule has 1 N–H and O–H groups in total. The van der Waals surface area contributed by atoms with E-state index in [0.29, 0.717) is 35.1 Å². The molecule has 2 unspecified atom stereocenters. The Hall–Kier alpha value is -0.630. The third-order valence-corrected chi connectivity index (χ3v) is 7.16. The summed E-state index contributed by atoms with van der Waals surface area (Å²) in [6.07, 6.45) is 3.13. The minimum Gasteiger partial charge on any atom is -0.494 e. The molecule has 1 aromatic rings. The molecule has 1 aromatic heterocycles. The summed E-state index contributed by atoms with van der Waals surface area (Å²) >= 11 is 1.23. The summed E-state index contributed by atoms with van der Waals surface area (Å²) in [5.74, 6) is 0.451. The number of ether oxygens (including phenoxy) is 1. The predicted octanol–water partition coefficient (Wildman–Crippen LogP) is 1.27. The SMILES string of the molecule is COc1ccsc1S(=O)(=O)N1CCC2CCC(C1)N2. The Labute approximate surface area is 117 Å². The molecule has 3 rings (SSSR count). The third kappa shape index (κ3) is 2.40. The van der Waals surface area contributed by atoms with Gasteiger partial charge in [0.05, 0.1) is 7.11 Å². The Morgan fingerprint density at radius 3 is 2.95 bits per heavy atom. The second-order valence-electron chi connectivity index (χ2n) is 5.07. The van der Waals surface area contributed by atoms with Crippen LogP contribution < -0.4 is 10.1 Å². The largest absolute Gasteiger partial charge is 0.494 e. The fourth-order valence-corrected chi connectivity index (χ4v) is 5.78. The van der Waals surface area contributed by atoms with Crippen LogP contribution in [0.2, 0.25) is 0 Å². The summed E-state index contributed by atoms with van der Waals surface area (Å²) in [6, 6.07) is 2.49. The number of hydrogen-bond donors (Lipinski definition) is 1. The quantitative estimate of drug-likeness (QED) is 0.913. The van der Waals surface area contributed by atoms with Gasteiger partial charge >= 0.3 is 0 Å². The standard InChI is InChI=1S/C12H18N2O3S2/c1-17-11-5-7-18-12(11)19(15,16)14-6-4-9-2-3-10(8-14)13-9/h5,7,9-10,13H,2-4,6,8H2,1H3. The van der Waals surface area contributed by atoms with E-state index in [9.17, 15) is 8.42 Å². The highest BCUT2D eigenvalue weighted by molar-refractivity contribution is 7.91. The lowest BCUT2D eigenvalue weighted by atomic mass is 10.1. The molecule has 0 amide bonds. The molecule has 5 nitrogen and oxygen atoms in total. The molecule has 0 saturated carbocycles. The molecule has 2 aliphatic heterocycles. The average Bonchev–Trinajstić information content (AvgIpc) is 2.95. The van der Waals surface area contributed by atoms with Crippen LogP contribution in [0.4, 0.5) is 0 Å². The molecule has 0 aromatic carbocycles. The Morgan fingerprint density at radius 1 is 1.37 bits per heavy atom. The van der Waals surface area contributed by atoms with E-state index in [4.69, 9.17) is 4.74 Å². The zero-order valence-electron chi connectivity index (χ0n) is 10.8. The van der Waals surface area contributed by atoms with Crippen LogP contribution in [0.15, 0.2) is 15.7 Å². The van der Waals surface area contributed by atoms with Crippen molar-refractivity contribution in [2.45, 2.75) is 35.6 Å². The van der Waals surface area contributed by atoms with Gasteiger partial charge in [-0.15, -0.1) is 11.3 Å². The lowest BCUT2D eigenvalue weighted by Crippen LogP contribution is -2.38. The van der Waals surface area contributed by atoms with Gasteiger partial charge in [0.2, 0.25) is 0 Å². The van der Waals surface area contributed by atoms with Crippen molar-refractivity contribution in [2.24, 2.45) is 0 Å². The zero-order chi connectivity index (χ0) is 13.5. The van der Waals surface area contributed by atoms with Crippen LogP contribution >= 0.6 is 11.3 Å². The predicted molar refractivity (Wildman–Crippen MR) is 74.2 cm³/mol. The second kappa shape index (κ2) is 5.05.